The van der Waals surface area contributed by atoms with Gasteiger partial charge in [-0.15, -0.1) is 0 Å². The fourth-order valence-corrected chi connectivity index (χ4v) is 3.73. The molecule has 0 saturated carbocycles. The summed E-state index contributed by atoms with van der Waals surface area (Å²) in [6.45, 7) is 3.26. The molecular weight excluding hydrogens is 387 g/mol. The summed E-state index contributed by atoms with van der Waals surface area (Å²) < 4.78 is 1.85. The lowest BCUT2D eigenvalue weighted by molar-refractivity contribution is -0.133. The highest BCUT2D eigenvalue weighted by Gasteiger charge is 2.30. The molecule has 1 aromatic heterocycles. The van der Waals surface area contributed by atoms with E-state index in [4.69, 9.17) is 23.2 Å². The van der Waals surface area contributed by atoms with Crippen molar-refractivity contribution in [2.75, 3.05) is 40.8 Å². The van der Waals surface area contributed by atoms with Gasteiger partial charge >= 0.3 is 0 Å². The van der Waals surface area contributed by atoms with Crippen LogP contribution >= 0.6 is 23.2 Å². The smallest absolute Gasteiger partial charge is 0.239 e. The zero-order chi connectivity index (χ0) is 20.0. The minimum absolute atomic E-state index is 0.0317. The van der Waals surface area contributed by atoms with E-state index < -0.39 is 0 Å². The highest BCUT2D eigenvalue weighted by Crippen LogP contribution is 2.24. The van der Waals surface area contributed by atoms with Crippen molar-refractivity contribution in [2.45, 2.75) is 31.8 Å². The number of halogens is 2. The number of hydrogen-bond acceptors (Lipinski definition) is 3. The first-order valence-corrected chi connectivity index (χ1v) is 10.00. The van der Waals surface area contributed by atoms with E-state index in [1.165, 1.54) is 0 Å². The van der Waals surface area contributed by atoms with Gasteiger partial charge in [0.25, 0.3) is 0 Å². The summed E-state index contributed by atoms with van der Waals surface area (Å²) in [5.74, 6) is 0.934. The Morgan fingerprint density at radius 2 is 2.11 bits per heavy atom. The Labute approximate surface area is 171 Å². The zero-order valence-corrected chi connectivity index (χ0v) is 18.1. The first-order chi connectivity index (χ1) is 12.8. The Bertz CT molecular complexity index is 673. The van der Waals surface area contributed by atoms with Crippen LogP contribution in [0, 0.1) is 0 Å². The van der Waals surface area contributed by atoms with E-state index in [-0.39, 0.29) is 11.9 Å². The number of carbonyl (C=O) groups is 1. The molecule has 1 saturated heterocycles. The number of guanidine groups is 1. The number of amides is 1. The quantitative estimate of drug-likeness (QED) is 0.404. The lowest BCUT2D eigenvalue weighted by Gasteiger charge is -2.26. The van der Waals surface area contributed by atoms with Crippen LogP contribution in [0.25, 0.3) is 0 Å². The van der Waals surface area contributed by atoms with Crippen molar-refractivity contribution in [3.05, 3.63) is 21.9 Å². The predicted molar refractivity (Wildman–Crippen MR) is 112 cm³/mol. The Hall–Kier alpha value is -1.44. The van der Waals surface area contributed by atoms with Crippen molar-refractivity contribution in [2.24, 2.45) is 12.0 Å². The molecule has 2 heterocycles. The van der Waals surface area contributed by atoms with Crippen LogP contribution in [0.5, 0.6) is 0 Å². The van der Waals surface area contributed by atoms with Crippen molar-refractivity contribution in [1.82, 2.24) is 25.0 Å². The van der Waals surface area contributed by atoms with E-state index >= 15 is 0 Å². The lowest BCUT2D eigenvalue weighted by Crippen LogP contribution is -2.44. The number of rotatable bonds is 7. The monoisotopic (exact) mass is 416 g/mol. The fourth-order valence-electron chi connectivity index (χ4n) is 3.31. The molecule has 7 nitrogen and oxygen atoms in total. The van der Waals surface area contributed by atoms with Gasteiger partial charge in [-0.1, -0.05) is 23.2 Å². The minimum Gasteiger partial charge on any atom is -0.356 e. The number of likely N-dealkylation sites (N-methyl/N-ethyl adjacent to an activating group) is 1. The molecule has 152 valence electrons. The minimum atomic E-state index is 0.0317. The van der Waals surface area contributed by atoms with Gasteiger partial charge in [0.15, 0.2) is 5.96 Å². The summed E-state index contributed by atoms with van der Waals surface area (Å²) >= 11 is 12.1. The van der Waals surface area contributed by atoms with E-state index in [0.29, 0.717) is 16.7 Å². The van der Waals surface area contributed by atoms with Gasteiger partial charge in [-0.25, -0.2) is 0 Å². The molecule has 1 aliphatic rings. The molecule has 0 spiro atoms. The van der Waals surface area contributed by atoms with Gasteiger partial charge in [0, 0.05) is 47.0 Å². The third-order valence-corrected chi connectivity index (χ3v) is 5.72. The van der Waals surface area contributed by atoms with Crippen molar-refractivity contribution >= 4 is 35.1 Å². The number of hydrogen-bond donors (Lipinski definition) is 2. The van der Waals surface area contributed by atoms with Crippen molar-refractivity contribution < 1.29 is 4.79 Å². The summed E-state index contributed by atoms with van der Waals surface area (Å²) in [7, 11) is 7.27. The maximum absolute atomic E-state index is 12.2. The van der Waals surface area contributed by atoms with Crippen molar-refractivity contribution in [3.8, 4) is 0 Å². The van der Waals surface area contributed by atoms with Gasteiger partial charge in [-0.3, -0.25) is 14.7 Å². The molecule has 1 fully saturated rings. The number of likely N-dealkylation sites (tertiary alicyclic amines) is 1. The summed E-state index contributed by atoms with van der Waals surface area (Å²) in [5, 5.41) is 7.66. The molecule has 2 rings (SSSR count). The molecule has 0 aliphatic carbocycles. The van der Waals surface area contributed by atoms with Crippen molar-refractivity contribution in [1.29, 1.82) is 0 Å². The summed E-state index contributed by atoms with van der Waals surface area (Å²) in [6, 6.07) is 1.88. The second-order valence-electron chi connectivity index (χ2n) is 6.97. The molecule has 1 aliphatic heterocycles. The predicted octanol–water partition coefficient (Wildman–Crippen LogP) is 1.94. The number of aliphatic imine (C=N–C) groups is 1. The zero-order valence-electron chi connectivity index (χ0n) is 16.6. The van der Waals surface area contributed by atoms with Crippen LogP contribution < -0.4 is 10.6 Å². The average molecular weight is 417 g/mol. The summed E-state index contributed by atoms with van der Waals surface area (Å²) in [5.41, 5.74) is 0.982. The summed E-state index contributed by atoms with van der Waals surface area (Å²) in [4.78, 5) is 20.5. The van der Waals surface area contributed by atoms with E-state index in [1.54, 1.807) is 11.9 Å². The molecule has 9 heteroatoms. The van der Waals surface area contributed by atoms with Crippen LogP contribution in [0.3, 0.4) is 0 Å². The molecule has 1 aromatic rings. The van der Waals surface area contributed by atoms with Crippen LogP contribution in [0.4, 0.5) is 0 Å². The Balaban J connectivity index is 1.73. The van der Waals surface area contributed by atoms with Crippen LogP contribution in [-0.2, 0) is 18.4 Å². The molecule has 1 amide bonds. The molecule has 0 aromatic carbocycles. The summed E-state index contributed by atoms with van der Waals surface area (Å²) in [6.07, 6.45) is 2.98. The van der Waals surface area contributed by atoms with Crippen LogP contribution in [0.15, 0.2) is 11.1 Å². The van der Waals surface area contributed by atoms with Gasteiger partial charge in [0.05, 0.1) is 17.6 Å². The number of aromatic nitrogens is 1. The molecular formula is C18H30Cl2N6O. The highest BCUT2D eigenvalue weighted by molar-refractivity contribution is 6.41. The fraction of sp³-hybridized carbons (Fsp3) is 0.667. The Morgan fingerprint density at radius 1 is 1.37 bits per heavy atom. The molecule has 1 atom stereocenters. The number of carbonyl (C=O) groups excluding carboxylic acids is 1. The first kappa shape index (κ1) is 21.9. The number of nitrogens with one attached hydrogen (secondary N) is 2. The third kappa shape index (κ3) is 5.77. The second-order valence-corrected chi connectivity index (χ2v) is 7.73. The first-order valence-electron chi connectivity index (χ1n) is 9.24. The van der Waals surface area contributed by atoms with E-state index in [9.17, 15) is 4.79 Å². The third-order valence-electron chi connectivity index (χ3n) is 4.88. The lowest BCUT2D eigenvalue weighted by atomic mass is 10.2. The van der Waals surface area contributed by atoms with Crippen LogP contribution in [-0.4, -0.2) is 73.1 Å². The standard InChI is InChI=1S/C18H30Cl2N6O/c1-21-18(23-12-13-11-14(19)16(20)25(13)4)22-8-6-10-26-9-5-7-15(26)17(27)24(2)3/h11,15H,5-10,12H2,1-4H3,(H2,21,22,23). The molecule has 0 bridgehead atoms. The largest absolute Gasteiger partial charge is 0.356 e. The maximum atomic E-state index is 12.2. The van der Waals surface area contributed by atoms with Crippen LogP contribution in [0.1, 0.15) is 25.0 Å². The molecule has 1 unspecified atom stereocenters. The normalized spacial score (nSPS) is 18.0. The molecule has 27 heavy (non-hydrogen) atoms. The maximum Gasteiger partial charge on any atom is 0.239 e. The number of nitrogens with zero attached hydrogens (tertiary/aromatic N) is 4. The molecule has 2 N–H and O–H groups in total. The van der Waals surface area contributed by atoms with Gasteiger partial charge < -0.3 is 20.1 Å². The highest BCUT2D eigenvalue weighted by atomic mass is 35.5. The van der Waals surface area contributed by atoms with Gasteiger partial charge in [-0.05, 0) is 31.9 Å². The van der Waals surface area contributed by atoms with Crippen LogP contribution in [0.2, 0.25) is 10.2 Å². The average Bonchev–Trinajstić information content (AvgIpc) is 3.20. The topological polar surface area (TPSA) is 64.9 Å². The Morgan fingerprint density at radius 3 is 2.70 bits per heavy atom. The van der Waals surface area contributed by atoms with Crippen molar-refractivity contribution in [3.63, 3.8) is 0 Å². The second kappa shape index (κ2) is 10.2. The van der Waals surface area contributed by atoms with E-state index in [1.807, 2.05) is 31.8 Å². The van der Waals surface area contributed by atoms with Gasteiger partial charge in [0.1, 0.15) is 5.15 Å². The SMILES string of the molecule is CN=C(NCCCN1CCCC1C(=O)N(C)C)NCc1cc(Cl)c(Cl)n1C. The molecule has 0 radical (unpaired) electrons. The van der Waals surface area contributed by atoms with Gasteiger partial charge in [0.2, 0.25) is 5.91 Å². The van der Waals surface area contributed by atoms with E-state index in [0.717, 1.165) is 50.6 Å². The van der Waals surface area contributed by atoms with Gasteiger partial charge in [-0.2, -0.15) is 0 Å². The van der Waals surface area contributed by atoms with E-state index in [2.05, 4.69) is 20.5 Å². The Kier molecular flexibility index (Phi) is 8.26.